The topological polar surface area (TPSA) is 52.0 Å². The highest BCUT2D eigenvalue weighted by atomic mass is 32.2. The van der Waals surface area contributed by atoms with Crippen LogP contribution in [-0.4, -0.2) is 24.5 Å². The van der Waals surface area contributed by atoms with Crippen LogP contribution in [0.3, 0.4) is 0 Å². The van der Waals surface area contributed by atoms with Gasteiger partial charge in [-0.15, -0.1) is 0 Å². The maximum Gasteiger partial charge on any atom is 0.176 e. The highest BCUT2D eigenvalue weighted by Crippen LogP contribution is 2.29. The van der Waals surface area contributed by atoms with Gasteiger partial charge in [-0.25, -0.2) is 17.5 Å². The van der Waals surface area contributed by atoms with Crippen molar-refractivity contribution in [2.45, 2.75) is 4.90 Å². The minimum atomic E-state index is -3.44. The molecule has 112 valence electrons. The van der Waals surface area contributed by atoms with Crippen molar-refractivity contribution >= 4 is 9.84 Å². The summed E-state index contributed by atoms with van der Waals surface area (Å²) in [5.74, 6) is -0.363. The SMILES string of the molecule is CS(=O)(=O)c1cc(-n2cccn2)ccc1-c1ccc(F)cc1. The Morgan fingerprint density at radius 1 is 1.09 bits per heavy atom. The number of benzene rings is 2. The van der Waals surface area contributed by atoms with Crippen molar-refractivity contribution in [3.63, 3.8) is 0 Å². The summed E-state index contributed by atoms with van der Waals surface area (Å²) in [4.78, 5) is 0.187. The van der Waals surface area contributed by atoms with Crippen molar-refractivity contribution in [3.05, 3.63) is 66.7 Å². The van der Waals surface area contributed by atoms with E-state index >= 15 is 0 Å². The maximum absolute atomic E-state index is 13.1. The zero-order chi connectivity index (χ0) is 15.7. The monoisotopic (exact) mass is 316 g/mol. The van der Waals surface area contributed by atoms with Crippen molar-refractivity contribution in [2.75, 3.05) is 6.26 Å². The summed E-state index contributed by atoms with van der Waals surface area (Å²) in [6, 6.07) is 12.6. The molecule has 1 heterocycles. The Balaban J connectivity index is 2.20. The fourth-order valence-corrected chi connectivity index (χ4v) is 3.17. The molecule has 4 nitrogen and oxygen atoms in total. The van der Waals surface area contributed by atoms with Crippen molar-refractivity contribution in [1.82, 2.24) is 9.78 Å². The van der Waals surface area contributed by atoms with E-state index in [1.807, 2.05) is 0 Å². The smallest absolute Gasteiger partial charge is 0.176 e. The van der Waals surface area contributed by atoms with Crippen LogP contribution in [-0.2, 0) is 9.84 Å². The van der Waals surface area contributed by atoms with Crippen LogP contribution in [0, 0.1) is 5.82 Å². The number of hydrogen-bond donors (Lipinski definition) is 0. The number of aromatic nitrogens is 2. The van der Waals surface area contributed by atoms with Gasteiger partial charge in [0.25, 0.3) is 0 Å². The zero-order valence-corrected chi connectivity index (χ0v) is 12.6. The Kier molecular flexibility index (Phi) is 3.54. The number of nitrogens with zero attached hydrogens (tertiary/aromatic N) is 2. The Hall–Kier alpha value is -2.47. The normalized spacial score (nSPS) is 11.5. The van der Waals surface area contributed by atoms with Crippen LogP contribution in [0.5, 0.6) is 0 Å². The van der Waals surface area contributed by atoms with E-state index in [-0.39, 0.29) is 10.7 Å². The molecular weight excluding hydrogens is 303 g/mol. The summed E-state index contributed by atoms with van der Waals surface area (Å²) in [5.41, 5.74) is 1.84. The molecule has 0 unspecified atom stereocenters. The Labute approximate surface area is 127 Å². The molecule has 0 aliphatic carbocycles. The Bertz CT molecular complexity index is 902. The zero-order valence-electron chi connectivity index (χ0n) is 11.8. The van der Waals surface area contributed by atoms with Gasteiger partial charge >= 0.3 is 0 Å². The van der Waals surface area contributed by atoms with Gasteiger partial charge in [0.15, 0.2) is 9.84 Å². The number of sulfone groups is 1. The highest BCUT2D eigenvalue weighted by molar-refractivity contribution is 7.90. The molecule has 0 aliphatic heterocycles. The Morgan fingerprint density at radius 3 is 2.41 bits per heavy atom. The van der Waals surface area contributed by atoms with Crippen molar-refractivity contribution in [1.29, 1.82) is 0 Å². The van der Waals surface area contributed by atoms with Gasteiger partial charge in [-0.3, -0.25) is 0 Å². The van der Waals surface area contributed by atoms with Gasteiger partial charge in [0.05, 0.1) is 10.6 Å². The first-order valence-corrected chi connectivity index (χ1v) is 8.44. The molecule has 0 radical (unpaired) electrons. The molecule has 0 N–H and O–H groups in total. The minimum Gasteiger partial charge on any atom is -0.241 e. The molecule has 6 heteroatoms. The van der Waals surface area contributed by atoms with E-state index in [1.165, 1.54) is 12.1 Å². The third-order valence-electron chi connectivity index (χ3n) is 3.29. The number of rotatable bonds is 3. The molecule has 0 bridgehead atoms. The van der Waals surface area contributed by atoms with Gasteiger partial charge in [-0.1, -0.05) is 18.2 Å². The third-order valence-corrected chi connectivity index (χ3v) is 4.43. The molecule has 0 spiro atoms. The van der Waals surface area contributed by atoms with E-state index in [0.29, 0.717) is 16.8 Å². The fourth-order valence-electron chi connectivity index (χ4n) is 2.25. The molecule has 3 rings (SSSR count). The summed E-state index contributed by atoms with van der Waals surface area (Å²) in [6.45, 7) is 0. The molecule has 0 amide bonds. The van der Waals surface area contributed by atoms with Crippen molar-refractivity contribution in [3.8, 4) is 16.8 Å². The van der Waals surface area contributed by atoms with Gasteiger partial charge in [0.1, 0.15) is 5.82 Å². The summed E-state index contributed by atoms with van der Waals surface area (Å²) < 4.78 is 38.9. The summed E-state index contributed by atoms with van der Waals surface area (Å²) in [6.07, 6.45) is 4.51. The fraction of sp³-hybridized carbons (Fsp3) is 0.0625. The lowest BCUT2D eigenvalue weighted by molar-refractivity contribution is 0.602. The van der Waals surface area contributed by atoms with E-state index in [1.54, 1.807) is 53.5 Å². The van der Waals surface area contributed by atoms with Crippen LogP contribution in [0.1, 0.15) is 0 Å². The highest BCUT2D eigenvalue weighted by Gasteiger charge is 2.16. The van der Waals surface area contributed by atoms with E-state index in [2.05, 4.69) is 5.10 Å². The first-order chi connectivity index (χ1) is 10.4. The second kappa shape index (κ2) is 5.38. The molecule has 1 aromatic heterocycles. The van der Waals surface area contributed by atoms with Crippen LogP contribution in [0.4, 0.5) is 4.39 Å². The molecule has 22 heavy (non-hydrogen) atoms. The summed E-state index contributed by atoms with van der Waals surface area (Å²) >= 11 is 0. The summed E-state index contributed by atoms with van der Waals surface area (Å²) in [7, 11) is -3.44. The average molecular weight is 316 g/mol. The molecular formula is C16H13FN2O2S. The third kappa shape index (κ3) is 2.78. The van der Waals surface area contributed by atoms with Gasteiger partial charge < -0.3 is 0 Å². The van der Waals surface area contributed by atoms with Gasteiger partial charge in [0, 0.05) is 24.2 Å². The van der Waals surface area contributed by atoms with Gasteiger partial charge in [-0.05, 0) is 35.9 Å². The molecule has 3 aromatic rings. The molecule has 0 atom stereocenters. The molecule has 0 fully saturated rings. The Morgan fingerprint density at radius 2 is 1.82 bits per heavy atom. The van der Waals surface area contributed by atoms with Crippen LogP contribution >= 0.6 is 0 Å². The second-order valence-electron chi connectivity index (χ2n) is 4.91. The molecule has 0 saturated carbocycles. The first kappa shape index (κ1) is 14.5. The predicted octanol–water partition coefficient (Wildman–Crippen LogP) is 3.08. The maximum atomic E-state index is 13.1. The van der Waals surface area contributed by atoms with E-state index in [9.17, 15) is 12.8 Å². The lowest BCUT2D eigenvalue weighted by Gasteiger charge is -2.11. The largest absolute Gasteiger partial charge is 0.241 e. The lowest BCUT2D eigenvalue weighted by Crippen LogP contribution is -2.03. The minimum absolute atomic E-state index is 0.187. The first-order valence-electron chi connectivity index (χ1n) is 6.55. The molecule has 0 aliphatic rings. The predicted molar refractivity (Wildman–Crippen MR) is 82.1 cm³/mol. The molecule has 0 saturated heterocycles. The van der Waals surface area contributed by atoms with Crippen LogP contribution < -0.4 is 0 Å². The van der Waals surface area contributed by atoms with E-state index in [0.717, 1.165) is 6.26 Å². The van der Waals surface area contributed by atoms with Crippen molar-refractivity contribution < 1.29 is 12.8 Å². The lowest BCUT2D eigenvalue weighted by atomic mass is 10.1. The number of halogens is 1. The van der Waals surface area contributed by atoms with Gasteiger partial charge in [0.2, 0.25) is 0 Å². The average Bonchev–Trinajstić information content (AvgIpc) is 3.01. The number of hydrogen-bond acceptors (Lipinski definition) is 3. The van der Waals surface area contributed by atoms with Crippen LogP contribution in [0.25, 0.3) is 16.8 Å². The van der Waals surface area contributed by atoms with E-state index < -0.39 is 9.84 Å². The van der Waals surface area contributed by atoms with Gasteiger partial charge in [-0.2, -0.15) is 5.10 Å². The second-order valence-corrected chi connectivity index (χ2v) is 6.89. The standard InChI is InChI=1S/C16H13FN2O2S/c1-22(20,21)16-11-14(19-10-2-9-18-19)7-8-15(16)12-3-5-13(17)6-4-12/h2-11H,1H3. The van der Waals surface area contributed by atoms with E-state index in [4.69, 9.17) is 0 Å². The van der Waals surface area contributed by atoms with Crippen LogP contribution in [0.15, 0.2) is 65.8 Å². The van der Waals surface area contributed by atoms with Crippen LogP contribution in [0.2, 0.25) is 0 Å². The summed E-state index contributed by atoms with van der Waals surface area (Å²) in [5, 5.41) is 4.10. The van der Waals surface area contributed by atoms with Crippen molar-refractivity contribution in [2.24, 2.45) is 0 Å². The molecule has 2 aromatic carbocycles. The quantitative estimate of drug-likeness (QED) is 0.746.